The summed E-state index contributed by atoms with van der Waals surface area (Å²) in [5.74, 6) is -1.73. The van der Waals surface area contributed by atoms with E-state index >= 15 is 0 Å². The number of hydrogen-bond donors (Lipinski definition) is 0. The lowest BCUT2D eigenvalue weighted by atomic mass is 10.0. The molecule has 0 N–H and O–H groups in total. The second-order valence-electron chi connectivity index (χ2n) is 17.0. The molecule has 2 unspecified atom stereocenters. The number of esters is 2. The van der Waals surface area contributed by atoms with Gasteiger partial charge in [-0.1, -0.05) is 180 Å². The van der Waals surface area contributed by atoms with Gasteiger partial charge in [0.25, 0.3) is 0 Å². The monoisotopic (exact) mass is 780 g/mol. The van der Waals surface area contributed by atoms with Crippen molar-refractivity contribution >= 4 is 17.9 Å². The lowest BCUT2D eigenvalue weighted by Crippen LogP contribution is -2.55. The van der Waals surface area contributed by atoms with Crippen LogP contribution in [0, 0.1) is 0 Å². The molecule has 0 saturated carbocycles. The van der Waals surface area contributed by atoms with Crippen molar-refractivity contribution in [3.63, 3.8) is 0 Å². The molecule has 0 rings (SSSR count). The predicted molar refractivity (Wildman–Crippen MR) is 227 cm³/mol. The molecule has 8 heteroatoms. The summed E-state index contributed by atoms with van der Waals surface area (Å²) in [5.41, 5.74) is 0. The van der Waals surface area contributed by atoms with Gasteiger partial charge in [-0.25, -0.2) is 0 Å². The molecule has 0 aliphatic heterocycles. The topological polar surface area (TPSA) is 102 Å². The molecule has 0 radical (unpaired) electrons. The number of aliphatic carboxylic acids is 1. The predicted octanol–water partition coefficient (Wildman–Crippen LogP) is 11.4. The van der Waals surface area contributed by atoms with Gasteiger partial charge in [-0.2, -0.15) is 0 Å². The number of allylic oxidation sites excluding steroid dienone is 2. The van der Waals surface area contributed by atoms with Gasteiger partial charge in [0.15, 0.2) is 6.10 Å². The molecule has 0 aliphatic rings. The van der Waals surface area contributed by atoms with Gasteiger partial charge in [0.2, 0.25) is 0 Å². The molecule has 0 aliphatic carbocycles. The number of nitrogens with zero attached hydrogens (tertiary/aromatic N) is 1. The molecule has 8 nitrogen and oxygen atoms in total. The van der Waals surface area contributed by atoms with Gasteiger partial charge in [0, 0.05) is 19.3 Å². The van der Waals surface area contributed by atoms with Crippen molar-refractivity contribution in [2.24, 2.45) is 0 Å². The fourth-order valence-electron chi connectivity index (χ4n) is 6.99. The van der Waals surface area contributed by atoms with Gasteiger partial charge in [0.05, 0.1) is 40.3 Å². The highest BCUT2D eigenvalue weighted by Crippen LogP contribution is 2.16. The first-order valence-electron chi connectivity index (χ1n) is 23.2. The van der Waals surface area contributed by atoms with Crippen molar-refractivity contribution in [3.05, 3.63) is 12.2 Å². The second kappa shape index (κ2) is 38.9. The smallest absolute Gasteiger partial charge is 0.306 e. The zero-order chi connectivity index (χ0) is 40.7. The number of carboxylic acids is 1. The number of hydrogen-bond acceptors (Lipinski definition) is 7. The summed E-state index contributed by atoms with van der Waals surface area (Å²) in [6.45, 7) is 4.64. The number of unbranched alkanes of at least 4 members (excludes halogenated alkanes) is 26. The Hall–Kier alpha value is -1.93. The average Bonchev–Trinajstić information content (AvgIpc) is 3.14. The lowest BCUT2D eigenvalue weighted by molar-refractivity contribution is -0.889. The summed E-state index contributed by atoms with van der Waals surface area (Å²) in [5, 5.41) is 11.6. The summed E-state index contributed by atoms with van der Waals surface area (Å²) in [6, 6.07) is -0.722. The fraction of sp³-hybridized carbons (Fsp3) is 0.894. The van der Waals surface area contributed by atoms with E-state index in [0.29, 0.717) is 12.8 Å². The molecule has 2 atom stereocenters. The maximum Gasteiger partial charge on any atom is 0.306 e. The number of carbonyl (C=O) groups excluding carboxylic acids is 3. The number of likely N-dealkylation sites (N-methyl/N-ethyl adjacent to an activating group) is 1. The second-order valence-corrected chi connectivity index (χ2v) is 17.0. The van der Waals surface area contributed by atoms with Crippen LogP contribution < -0.4 is 5.11 Å². The standard InChI is InChI=1S/C47H89NO7/c1-6-8-10-12-14-16-18-19-20-21-22-23-24-25-26-28-29-31-33-35-37-45(49)54-42-43(41-53-40-39-44(47(51)52)48(3,4)5)55-46(50)38-36-34-32-30-27-17-15-13-11-9-7-2/h13,15,43-44H,6-12,14,16-42H2,1-5H3/b15-13-. The third-order valence-corrected chi connectivity index (χ3v) is 10.7. The van der Waals surface area contributed by atoms with Crippen LogP contribution in [0.3, 0.4) is 0 Å². The minimum atomic E-state index is -1.12. The van der Waals surface area contributed by atoms with E-state index in [9.17, 15) is 19.5 Å². The first kappa shape index (κ1) is 53.1. The maximum atomic E-state index is 12.7. The van der Waals surface area contributed by atoms with Crippen LogP contribution in [-0.4, -0.2) is 75.5 Å². The Morgan fingerprint density at radius 3 is 1.36 bits per heavy atom. The lowest BCUT2D eigenvalue weighted by Gasteiger charge is -2.34. The summed E-state index contributed by atoms with van der Waals surface area (Å²) in [6.07, 6.45) is 41.0. The largest absolute Gasteiger partial charge is 0.544 e. The third kappa shape index (κ3) is 37.4. The molecule has 55 heavy (non-hydrogen) atoms. The van der Waals surface area contributed by atoms with Gasteiger partial charge in [-0.3, -0.25) is 9.59 Å². The quantitative estimate of drug-likeness (QED) is 0.0263. The van der Waals surface area contributed by atoms with Gasteiger partial charge >= 0.3 is 11.9 Å². The summed E-state index contributed by atoms with van der Waals surface area (Å²) in [7, 11) is 5.41. The highest BCUT2D eigenvalue weighted by molar-refractivity contribution is 5.70. The number of quaternary nitrogens is 1. The van der Waals surface area contributed by atoms with Crippen molar-refractivity contribution in [3.8, 4) is 0 Å². The van der Waals surface area contributed by atoms with Gasteiger partial charge in [-0.05, 0) is 32.1 Å². The number of rotatable bonds is 42. The molecular formula is C47H89NO7. The molecule has 0 aromatic carbocycles. The molecule has 0 aromatic heterocycles. The average molecular weight is 780 g/mol. The van der Waals surface area contributed by atoms with Crippen LogP contribution in [0.1, 0.15) is 219 Å². The van der Waals surface area contributed by atoms with Crippen molar-refractivity contribution in [1.82, 2.24) is 0 Å². The molecule has 0 heterocycles. The number of carboxylic acid groups (broad SMARTS) is 1. The van der Waals surface area contributed by atoms with Crippen LogP contribution in [0.25, 0.3) is 0 Å². The molecule has 0 spiro atoms. The van der Waals surface area contributed by atoms with Crippen LogP contribution in [0.2, 0.25) is 0 Å². The minimum absolute atomic E-state index is 0.0427. The summed E-state index contributed by atoms with van der Waals surface area (Å²) in [4.78, 5) is 36.8. The first-order valence-corrected chi connectivity index (χ1v) is 23.2. The zero-order valence-corrected chi connectivity index (χ0v) is 36.9. The van der Waals surface area contributed by atoms with Crippen molar-refractivity contribution in [2.45, 2.75) is 231 Å². The Balaban J connectivity index is 4.19. The molecule has 0 fully saturated rings. The van der Waals surface area contributed by atoms with E-state index < -0.39 is 18.1 Å². The van der Waals surface area contributed by atoms with E-state index in [0.717, 1.165) is 51.4 Å². The van der Waals surface area contributed by atoms with Gasteiger partial charge in [-0.15, -0.1) is 0 Å². The van der Waals surface area contributed by atoms with Crippen LogP contribution >= 0.6 is 0 Å². The van der Waals surface area contributed by atoms with E-state index in [2.05, 4.69) is 26.0 Å². The van der Waals surface area contributed by atoms with E-state index in [-0.39, 0.29) is 42.7 Å². The van der Waals surface area contributed by atoms with Crippen molar-refractivity contribution < 1.29 is 38.2 Å². The Bertz CT molecular complexity index is 915. The Labute approximate surface area is 339 Å². The van der Waals surface area contributed by atoms with Crippen molar-refractivity contribution in [1.29, 1.82) is 0 Å². The summed E-state index contributed by atoms with van der Waals surface area (Å²) >= 11 is 0. The van der Waals surface area contributed by atoms with Crippen LogP contribution in [-0.2, 0) is 28.6 Å². The molecule has 0 aromatic rings. The Kier molecular flexibility index (Phi) is 37.6. The third-order valence-electron chi connectivity index (χ3n) is 10.7. The van der Waals surface area contributed by atoms with Gasteiger partial charge in [0.1, 0.15) is 12.6 Å². The number of carbonyl (C=O) groups is 3. The van der Waals surface area contributed by atoms with E-state index in [1.165, 1.54) is 135 Å². The fourth-order valence-corrected chi connectivity index (χ4v) is 6.99. The van der Waals surface area contributed by atoms with E-state index in [4.69, 9.17) is 14.2 Å². The molecule has 0 saturated heterocycles. The number of ether oxygens (including phenoxy) is 3. The Morgan fingerprint density at radius 2 is 0.927 bits per heavy atom. The Morgan fingerprint density at radius 1 is 0.527 bits per heavy atom. The first-order chi connectivity index (χ1) is 26.6. The zero-order valence-electron chi connectivity index (χ0n) is 36.9. The molecule has 324 valence electrons. The highest BCUT2D eigenvalue weighted by atomic mass is 16.6. The highest BCUT2D eigenvalue weighted by Gasteiger charge is 2.25. The van der Waals surface area contributed by atoms with Crippen LogP contribution in [0.5, 0.6) is 0 Å². The molecular weight excluding hydrogens is 691 g/mol. The SMILES string of the molecule is CCCC/C=C\CCCCCCCC(=O)OC(COCCC(C(=O)[O-])[N+](C)(C)C)COC(=O)CCCCCCCCCCCCCCCCCCCCCC. The normalized spacial score (nSPS) is 13.0. The summed E-state index contributed by atoms with van der Waals surface area (Å²) < 4.78 is 17.2. The molecule has 0 bridgehead atoms. The van der Waals surface area contributed by atoms with E-state index in [1.54, 1.807) is 21.1 Å². The van der Waals surface area contributed by atoms with E-state index in [1.807, 2.05) is 0 Å². The van der Waals surface area contributed by atoms with Crippen molar-refractivity contribution in [2.75, 3.05) is 41.0 Å². The molecule has 0 amide bonds. The van der Waals surface area contributed by atoms with Crippen LogP contribution in [0.15, 0.2) is 12.2 Å². The minimum Gasteiger partial charge on any atom is -0.544 e. The maximum absolute atomic E-state index is 12.7. The van der Waals surface area contributed by atoms with Crippen LogP contribution in [0.4, 0.5) is 0 Å². The van der Waals surface area contributed by atoms with Gasteiger partial charge < -0.3 is 28.6 Å².